The van der Waals surface area contributed by atoms with Crippen molar-refractivity contribution in [2.75, 3.05) is 13.2 Å². The van der Waals surface area contributed by atoms with Gasteiger partial charge in [0.05, 0.1) is 13.0 Å². The maximum atomic E-state index is 12.3. The molecule has 0 saturated carbocycles. The largest absolute Gasteiger partial charge is 0.464 e. The smallest absolute Gasteiger partial charge is 0.407 e. The Hall–Kier alpha value is -2.82. The lowest BCUT2D eigenvalue weighted by Crippen LogP contribution is -2.34. The van der Waals surface area contributed by atoms with Crippen LogP contribution in [-0.4, -0.2) is 30.8 Å². The molecule has 0 radical (unpaired) electrons. The second-order valence-corrected chi connectivity index (χ2v) is 7.23. The number of carbonyl (C=O) groups is 2. The number of ether oxygens (including phenoxy) is 2. The number of esters is 1. The van der Waals surface area contributed by atoms with Crippen LogP contribution in [0.2, 0.25) is 0 Å². The Bertz CT molecular complexity index is 683. The third kappa shape index (κ3) is 7.52. The molecule has 0 saturated heterocycles. The molecule has 2 aromatic carbocycles. The summed E-state index contributed by atoms with van der Waals surface area (Å²) in [6, 6.07) is 19.8. The average Bonchev–Trinajstić information content (AvgIpc) is 2.63. The zero-order chi connectivity index (χ0) is 19.7. The highest BCUT2D eigenvalue weighted by atomic mass is 16.6. The van der Waals surface area contributed by atoms with E-state index in [1.807, 2.05) is 60.7 Å². The van der Waals surface area contributed by atoms with Gasteiger partial charge in [0.2, 0.25) is 0 Å². The summed E-state index contributed by atoms with van der Waals surface area (Å²) < 4.78 is 10.4. The van der Waals surface area contributed by atoms with Crippen LogP contribution in [0, 0.1) is 0 Å². The molecule has 0 spiro atoms. The summed E-state index contributed by atoms with van der Waals surface area (Å²) in [5.41, 5.74) is 1.57. The fourth-order valence-electron chi connectivity index (χ4n) is 2.66. The number of carbonyl (C=O) groups excluding carboxylic acids is 2. The number of alkyl carbamates (subject to hydrolysis) is 1. The van der Waals surface area contributed by atoms with Gasteiger partial charge in [-0.05, 0) is 31.9 Å². The first-order chi connectivity index (χ1) is 12.8. The van der Waals surface area contributed by atoms with Crippen molar-refractivity contribution in [3.05, 3.63) is 71.8 Å². The molecule has 0 bridgehead atoms. The summed E-state index contributed by atoms with van der Waals surface area (Å²) in [6.45, 7) is 5.69. The van der Waals surface area contributed by atoms with E-state index in [1.165, 1.54) is 0 Å². The highest BCUT2D eigenvalue weighted by Crippen LogP contribution is 2.28. The van der Waals surface area contributed by atoms with Crippen LogP contribution in [-0.2, 0) is 14.3 Å². The number of hydrogen-bond acceptors (Lipinski definition) is 4. The van der Waals surface area contributed by atoms with Crippen molar-refractivity contribution in [2.45, 2.75) is 38.7 Å². The fraction of sp³-hybridized carbons (Fsp3) is 0.364. The third-order valence-electron chi connectivity index (χ3n) is 3.81. The Morgan fingerprint density at radius 3 is 1.93 bits per heavy atom. The van der Waals surface area contributed by atoms with E-state index >= 15 is 0 Å². The van der Waals surface area contributed by atoms with Gasteiger partial charge >= 0.3 is 12.1 Å². The van der Waals surface area contributed by atoms with Gasteiger partial charge in [0.1, 0.15) is 12.2 Å². The van der Waals surface area contributed by atoms with Crippen LogP contribution in [0.15, 0.2) is 60.7 Å². The van der Waals surface area contributed by atoms with Crippen molar-refractivity contribution in [3.8, 4) is 0 Å². The first-order valence-electron chi connectivity index (χ1n) is 9.07. The van der Waals surface area contributed by atoms with Crippen LogP contribution in [0.4, 0.5) is 4.79 Å². The molecule has 0 fully saturated rings. The summed E-state index contributed by atoms with van der Waals surface area (Å²) in [5, 5.41) is 2.57. The van der Waals surface area contributed by atoms with E-state index < -0.39 is 11.7 Å². The minimum Gasteiger partial charge on any atom is -0.464 e. The molecular weight excluding hydrogens is 342 g/mol. The van der Waals surface area contributed by atoms with Crippen molar-refractivity contribution >= 4 is 12.1 Å². The maximum absolute atomic E-state index is 12.3. The average molecular weight is 369 g/mol. The Morgan fingerprint density at radius 1 is 0.926 bits per heavy atom. The summed E-state index contributed by atoms with van der Waals surface area (Å²) in [6.07, 6.45) is -0.287. The first-order valence-corrected chi connectivity index (χ1v) is 9.07. The van der Waals surface area contributed by atoms with Gasteiger partial charge in [0, 0.05) is 5.92 Å². The summed E-state index contributed by atoms with van der Waals surface area (Å²) in [5.74, 6) is -0.377. The molecule has 0 aliphatic rings. The van der Waals surface area contributed by atoms with Gasteiger partial charge in [-0.25, -0.2) is 4.79 Å². The van der Waals surface area contributed by atoms with Gasteiger partial charge in [-0.2, -0.15) is 0 Å². The second kappa shape index (κ2) is 9.76. The molecule has 1 N–H and O–H groups in total. The third-order valence-corrected chi connectivity index (χ3v) is 3.81. The molecule has 2 rings (SSSR count). The SMILES string of the molecule is CC(C)(C)OC(=O)NCCOC(=O)CC(c1ccccc1)c1ccccc1. The number of hydrogen-bond donors (Lipinski definition) is 1. The van der Waals surface area contributed by atoms with E-state index in [9.17, 15) is 9.59 Å². The van der Waals surface area contributed by atoms with Crippen molar-refractivity contribution in [1.82, 2.24) is 5.32 Å². The molecule has 0 heterocycles. The van der Waals surface area contributed by atoms with Gasteiger partial charge in [-0.3, -0.25) is 4.79 Å². The van der Waals surface area contributed by atoms with Crippen LogP contribution < -0.4 is 5.32 Å². The standard InChI is InChI=1S/C22H27NO4/c1-22(2,3)27-21(25)23-14-15-26-20(24)16-19(17-10-6-4-7-11-17)18-12-8-5-9-13-18/h4-13,19H,14-16H2,1-3H3,(H,23,25). The van der Waals surface area contributed by atoms with Crippen LogP contribution in [0.1, 0.15) is 44.2 Å². The van der Waals surface area contributed by atoms with E-state index in [0.29, 0.717) is 0 Å². The first kappa shape index (κ1) is 20.5. The predicted octanol–water partition coefficient (Wildman–Crippen LogP) is 4.28. The Balaban J connectivity index is 1.87. The van der Waals surface area contributed by atoms with E-state index in [1.54, 1.807) is 20.8 Å². The highest BCUT2D eigenvalue weighted by Gasteiger charge is 2.19. The molecule has 2 aromatic rings. The van der Waals surface area contributed by atoms with E-state index in [-0.39, 0.29) is 31.5 Å². The Morgan fingerprint density at radius 2 is 1.44 bits per heavy atom. The molecule has 5 nitrogen and oxygen atoms in total. The van der Waals surface area contributed by atoms with Crippen LogP contribution >= 0.6 is 0 Å². The number of nitrogens with one attached hydrogen (secondary N) is 1. The highest BCUT2D eigenvalue weighted by molar-refractivity contribution is 5.71. The van der Waals surface area contributed by atoms with Gasteiger partial charge in [-0.1, -0.05) is 60.7 Å². The van der Waals surface area contributed by atoms with Crippen molar-refractivity contribution in [3.63, 3.8) is 0 Å². The van der Waals surface area contributed by atoms with Gasteiger partial charge in [0.15, 0.2) is 0 Å². The summed E-state index contributed by atoms with van der Waals surface area (Å²) in [4.78, 5) is 23.9. The second-order valence-electron chi connectivity index (χ2n) is 7.23. The van der Waals surface area contributed by atoms with E-state index in [2.05, 4.69) is 5.32 Å². The fourth-order valence-corrected chi connectivity index (χ4v) is 2.66. The Labute approximate surface area is 160 Å². The van der Waals surface area contributed by atoms with Gasteiger partial charge in [0.25, 0.3) is 0 Å². The van der Waals surface area contributed by atoms with Gasteiger partial charge < -0.3 is 14.8 Å². The quantitative estimate of drug-likeness (QED) is 0.584. The number of benzene rings is 2. The lowest BCUT2D eigenvalue weighted by atomic mass is 9.89. The molecule has 0 aliphatic heterocycles. The minimum atomic E-state index is -0.556. The topological polar surface area (TPSA) is 64.6 Å². The van der Waals surface area contributed by atoms with E-state index in [4.69, 9.17) is 9.47 Å². The minimum absolute atomic E-state index is 0.0706. The normalized spacial score (nSPS) is 11.1. The van der Waals surface area contributed by atoms with Crippen LogP contribution in [0.3, 0.4) is 0 Å². The molecule has 144 valence electrons. The molecule has 1 amide bonds. The monoisotopic (exact) mass is 369 g/mol. The summed E-state index contributed by atoms with van der Waals surface area (Å²) >= 11 is 0. The van der Waals surface area contributed by atoms with Crippen LogP contribution in [0.5, 0.6) is 0 Å². The molecule has 27 heavy (non-hydrogen) atoms. The van der Waals surface area contributed by atoms with Crippen molar-refractivity contribution < 1.29 is 19.1 Å². The van der Waals surface area contributed by atoms with Crippen LogP contribution in [0.25, 0.3) is 0 Å². The van der Waals surface area contributed by atoms with Gasteiger partial charge in [-0.15, -0.1) is 0 Å². The molecule has 0 unspecified atom stereocenters. The number of amides is 1. The molecule has 5 heteroatoms. The zero-order valence-electron chi connectivity index (χ0n) is 16.1. The number of rotatable bonds is 7. The predicted molar refractivity (Wildman–Crippen MR) is 105 cm³/mol. The molecule has 0 atom stereocenters. The lowest BCUT2D eigenvalue weighted by molar-refractivity contribution is -0.143. The van der Waals surface area contributed by atoms with Crippen molar-refractivity contribution in [1.29, 1.82) is 0 Å². The van der Waals surface area contributed by atoms with Crippen molar-refractivity contribution in [2.24, 2.45) is 0 Å². The zero-order valence-corrected chi connectivity index (χ0v) is 16.1. The summed E-state index contributed by atoms with van der Waals surface area (Å²) in [7, 11) is 0. The Kier molecular flexibility index (Phi) is 7.41. The molecule has 0 aliphatic carbocycles. The maximum Gasteiger partial charge on any atom is 0.407 e. The van der Waals surface area contributed by atoms with E-state index in [0.717, 1.165) is 11.1 Å². The molecular formula is C22H27NO4. The lowest BCUT2D eigenvalue weighted by Gasteiger charge is -2.20. The molecule has 0 aromatic heterocycles.